The van der Waals surface area contributed by atoms with Gasteiger partial charge in [0.15, 0.2) is 0 Å². The van der Waals surface area contributed by atoms with E-state index in [2.05, 4.69) is 4.98 Å². The molecule has 0 unspecified atom stereocenters. The molecule has 1 aromatic heterocycles. The number of aromatic nitrogens is 2. The highest BCUT2D eigenvalue weighted by atomic mass is 127. The summed E-state index contributed by atoms with van der Waals surface area (Å²) in [5, 5.41) is 0. The van der Waals surface area contributed by atoms with Gasteiger partial charge in [-0.1, -0.05) is 12.1 Å². The van der Waals surface area contributed by atoms with Gasteiger partial charge < -0.3 is 4.74 Å². The zero-order chi connectivity index (χ0) is 13.1. The highest BCUT2D eigenvalue weighted by molar-refractivity contribution is 14.1. The van der Waals surface area contributed by atoms with Gasteiger partial charge in [-0.05, 0) is 47.2 Å². The van der Waals surface area contributed by atoms with Crippen LogP contribution in [-0.4, -0.2) is 16.7 Å². The first-order valence-electron chi connectivity index (χ1n) is 5.46. The van der Waals surface area contributed by atoms with Crippen LogP contribution >= 0.6 is 22.6 Å². The topological polar surface area (TPSA) is 44.1 Å². The summed E-state index contributed by atoms with van der Waals surface area (Å²) < 4.78 is 7.37. The molecule has 0 aliphatic rings. The van der Waals surface area contributed by atoms with Gasteiger partial charge in [-0.15, -0.1) is 0 Å². The van der Waals surface area contributed by atoms with Crippen LogP contribution in [0.1, 0.15) is 11.3 Å². The minimum atomic E-state index is -0.00100. The molecule has 1 aromatic carbocycles. The summed E-state index contributed by atoms with van der Waals surface area (Å²) in [6.07, 6.45) is 1.59. The molecule has 18 heavy (non-hydrogen) atoms. The number of ether oxygens (including phenoxy) is 1. The Balaban J connectivity index is 2.28. The minimum Gasteiger partial charge on any atom is -0.497 e. The molecule has 0 saturated carbocycles. The summed E-state index contributed by atoms with van der Waals surface area (Å²) in [5.74, 6) is 0.808. The van der Waals surface area contributed by atoms with Crippen LogP contribution in [0.5, 0.6) is 5.75 Å². The van der Waals surface area contributed by atoms with Gasteiger partial charge in [0.25, 0.3) is 5.56 Å². The average Bonchev–Trinajstić information content (AvgIpc) is 2.40. The quantitative estimate of drug-likeness (QED) is 0.793. The van der Waals surface area contributed by atoms with Crippen LogP contribution in [0.3, 0.4) is 0 Å². The van der Waals surface area contributed by atoms with Crippen LogP contribution in [-0.2, 0) is 6.54 Å². The molecule has 0 atom stereocenters. The molecule has 0 saturated heterocycles. The number of benzene rings is 1. The maximum atomic E-state index is 12.0. The van der Waals surface area contributed by atoms with Crippen LogP contribution in [0.2, 0.25) is 0 Å². The first-order valence-corrected chi connectivity index (χ1v) is 6.54. The van der Waals surface area contributed by atoms with E-state index in [1.165, 1.54) is 0 Å². The lowest BCUT2D eigenvalue weighted by atomic mass is 10.2. The lowest BCUT2D eigenvalue weighted by Crippen LogP contribution is -2.24. The summed E-state index contributed by atoms with van der Waals surface area (Å²) in [4.78, 5) is 16.2. The van der Waals surface area contributed by atoms with Gasteiger partial charge in [0.05, 0.1) is 29.2 Å². The molecular weight excluding hydrogens is 343 g/mol. The molecule has 0 fully saturated rings. The zero-order valence-electron chi connectivity index (χ0n) is 10.2. The number of aryl methyl sites for hydroxylation is 1. The molecule has 0 radical (unpaired) electrons. The second kappa shape index (κ2) is 5.51. The van der Waals surface area contributed by atoms with Gasteiger partial charge in [-0.3, -0.25) is 9.36 Å². The number of hydrogen-bond donors (Lipinski definition) is 0. The highest BCUT2D eigenvalue weighted by Gasteiger charge is 2.05. The van der Waals surface area contributed by atoms with Crippen molar-refractivity contribution >= 4 is 22.6 Å². The van der Waals surface area contributed by atoms with E-state index in [1.807, 2.05) is 53.8 Å². The van der Waals surface area contributed by atoms with Crippen molar-refractivity contribution < 1.29 is 4.74 Å². The zero-order valence-corrected chi connectivity index (χ0v) is 12.3. The summed E-state index contributed by atoms with van der Waals surface area (Å²) in [7, 11) is 1.63. The highest BCUT2D eigenvalue weighted by Crippen LogP contribution is 2.12. The Morgan fingerprint density at radius 2 is 2.00 bits per heavy atom. The van der Waals surface area contributed by atoms with E-state index in [9.17, 15) is 4.79 Å². The molecule has 2 rings (SSSR count). The van der Waals surface area contributed by atoms with Crippen molar-refractivity contribution in [2.75, 3.05) is 7.11 Å². The standard InChI is InChI=1S/C13H13IN2O2/c1-9-12(14)13(17)16(8-15-9)7-10-3-5-11(18-2)6-4-10/h3-6,8H,7H2,1-2H3. The fraction of sp³-hybridized carbons (Fsp3) is 0.231. The first-order chi connectivity index (χ1) is 8.61. The monoisotopic (exact) mass is 356 g/mol. The molecule has 0 spiro atoms. The summed E-state index contributed by atoms with van der Waals surface area (Å²) in [5.41, 5.74) is 1.81. The van der Waals surface area contributed by atoms with Gasteiger partial charge >= 0.3 is 0 Å². The fourth-order valence-electron chi connectivity index (χ4n) is 1.59. The normalized spacial score (nSPS) is 10.4. The van der Waals surface area contributed by atoms with Gasteiger partial charge in [0.2, 0.25) is 0 Å². The van der Waals surface area contributed by atoms with Crippen molar-refractivity contribution in [2.45, 2.75) is 13.5 Å². The third-order valence-electron chi connectivity index (χ3n) is 2.67. The van der Waals surface area contributed by atoms with E-state index >= 15 is 0 Å². The van der Waals surface area contributed by atoms with Crippen molar-refractivity contribution in [3.8, 4) is 5.75 Å². The number of methoxy groups -OCH3 is 1. The molecule has 0 aliphatic heterocycles. The largest absolute Gasteiger partial charge is 0.497 e. The predicted octanol–water partition coefficient (Wildman–Crippen LogP) is 2.21. The van der Waals surface area contributed by atoms with Crippen molar-refractivity contribution in [1.82, 2.24) is 9.55 Å². The van der Waals surface area contributed by atoms with Crippen LogP contribution in [0.15, 0.2) is 35.4 Å². The Morgan fingerprint density at radius 3 is 2.61 bits per heavy atom. The number of halogens is 1. The van der Waals surface area contributed by atoms with E-state index in [1.54, 1.807) is 18.0 Å². The molecule has 94 valence electrons. The van der Waals surface area contributed by atoms with E-state index in [0.29, 0.717) is 10.1 Å². The maximum Gasteiger partial charge on any atom is 0.267 e. The number of rotatable bonds is 3. The minimum absolute atomic E-state index is 0.00100. The molecule has 5 heteroatoms. The summed E-state index contributed by atoms with van der Waals surface area (Å²) >= 11 is 2.03. The van der Waals surface area contributed by atoms with E-state index in [-0.39, 0.29) is 5.56 Å². The number of nitrogens with zero attached hydrogens (tertiary/aromatic N) is 2. The van der Waals surface area contributed by atoms with Crippen LogP contribution in [0.4, 0.5) is 0 Å². The van der Waals surface area contributed by atoms with Crippen molar-refractivity contribution in [2.24, 2.45) is 0 Å². The molecule has 4 nitrogen and oxygen atoms in total. The van der Waals surface area contributed by atoms with E-state index in [4.69, 9.17) is 4.74 Å². The van der Waals surface area contributed by atoms with Gasteiger partial charge in [0, 0.05) is 0 Å². The van der Waals surface area contributed by atoms with Crippen LogP contribution in [0.25, 0.3) is 0 Å². The smallest absolute Gasteiger partial charge is 0.267 e. The Morgan fingerprint density at radius 1 is 1.33 bits per heavy atom. The SMILES string of the molecule is COc1ccc(Cn2cnc(C)c(I)c2=O)cc1. The maximum absolute atomic E-state index is 12.0. The Bertz CT molecular complexity index is 605. The lowest BCUT2D eigenvalue weighted by molar-refractivity contribution is 0.414. The number of hydrogen-bond acceptors (Lipinski definition) is 3. The van der Waals surface area contributed by atoms with Crippen molar-refractivity contribution in [3.05, 3.63) is 55.8 Å². The van der Waals surface area contributed by atoms with Gasteiger partial charge in [-0.2, -0.15) is 0 Å². The molecule has 0 bridgehead atoms. The van der Waals surface area contributed by atoms with E-state index in [0.717, 1.165) is 17.0 Å². The van der Waals surface area contributed by atoms with Crippen LogP contribution in [0, 0.1) is 10.5 Å². The predicted molar refractivity (Wildman–Crippen MR) is 78.0 cm³/mol. The first kappa shape index (κ1) is 13.1. The van der Waals surface area contributed by atoms with Crippen molar-refractivity contribution in [3.63, 3.8) is 0 Å². The molecule has 0 N–H and O–H groups in total. The Kier molecular flexibility index (Phi) is 4.00. The Hall–Kier alpha value is -1.37. The third-order valence-corrected chi connectivity index (χ3v) is 3.91. The molecule has 1 heterocycles. The van der Waals surface area contributed by atoms with Crippen molar-refractivity contribution in [1.29, 1.82) is 0 Å². The van der Waals surface area contributed by atoms with Crippen LogP contribution < -0.4 is 10.3 Å². The Labute approximate surface area is 119 Å². The second-order valence-corrected chi connectivity index (χ2v) is 5.00. The second-order valence-electron chi connectivity index (χ2n) is 3.93. The molecule has 0 aliphatic carbocycles. The average molecular weight is 356 g/mol. The van der Waals surface area contributed by atoms with E-state index < -0.39 is 0 Å². The third kappa shape index (κ3) is 2.72. The molecular formula is C13H13IN2O2. The summed E-state index contributed by atoms with van der Waals surface area (Å²) in [6.45, 7) is 2.35. The molecule has 2 aromatic rings. The van der Waals surface area contributed by atoms with Gasteiger partial charge in [0.1, 0.15) is 5.75 Å². The summed E-state index contributed by atoms with van der Waals surface area (Å²) in [6, 6.07) is 7.65. The van der Waals surface area contributed by atoms with Gasteiger partial charge in [-0.25, -0.2) is 4.98 Å². The fourth-order valence-corrected chi connectivity index (χ4v) is 2.04. The lowest BCUT2D eigenvalue weighted by Gasteiger charge is -2.07. The molecule has 0 amide bonds.